The van der Waals surface area contributed by atoms with Crippen LogP contribution in [0, 0.1) is 0 Å². The van der Waals surface area contributed by atoms with E-state index >= 15 is 0 Å². The van der Waals surface area contributed by atoms with Crippen LogP contribution in [0.3, 0.4) is 0 Å². The zero-order chi connectivity index (χ0) is 8.32. The molecule has 0 radical (unpaired) electrons. The number of hydrogen-bond acceptors (Lipinski definition) is 4. The van der Waals surface area contributed by atoms with Crippen LogP contribution in [-0.4, -0.2) is 35.3 Å². The third-order valence-electron chi connectivity index (χ3n) is 1.70. The van der Waals surface area contributed by atoms with Crippen molar-refractivity contribution in [1.82, 2.24) is 0 Å². The predicted octanol–water partition coefficient (Wildman–Crippen LogP) is -0.233. The minimum atomic E-state index is -1.44. The normalized spacial score (nSPS) is 36.7. The maximum absolute atomic E-state index is 9.22. The van der Waals surface area contributed by atoms with E-state index in [1.165, 1.54) is 0 Å². The Labute approximate surface area is 63.0 Å². The molecule has 0 saturated carbocycles. The van der Waals surface area contributed by atoms with Crippen molar-refractivity contribution in [1.29, 1.82) is 0 Å². The van der Waals surface area contributed by atoms with Gasteiger partial charge in [0.1, 0.15) is 0 Å². The van der Waals surface area contributed by atoms with E-state index in [9.17, 15) is 5.11 Å². The van der Waals surface area contributed by atoms with Crippen molar-refractivity contribution in [3.05, 3.63) is 10.4 Å². The highest BCUT2D eigenvalue weighted by Crippen LogP contribution is 2.27. The molecule has 1 aliphatic rings. The van der Waals surface area contributed by atoms with Crippen molar-refractivity contribution in [3.63, 3.8) is 0 Å². The van der Waals surface area contributed by atoms with Gasteiger partial charge in [-0.3, -0.25) is 0 Å². The van der Waals surface area contributed by atoms with Gasteiger partial charge < -0.3 is 14.9 Å². The molecule has 2 atom stereocenters. The molecule has 1 saturated heterocycles. The van der Waals surface area contributed by atoms with Crippen LogP contribution < -0.4 is 0 Å². The van der Waals surface area contributed by atoms with E-state index < -0.39 is 18.4 Å². The summed E-state index contributed by atoms with van der Waals surface area (Å²) < 4.78 is 4.92. The van der Waals surface area contributed by atoms with Crippen molar-refractivity contribution in [2.24, 2.45) is 5.11 Å². The summed E-state index contributed by atoms with van der Waals surface area (Å²) >= 11 is 0. The van der Waals surface area contributed by atoms with E-state index in [1.807, 2.05) is 0 Å². The van der Waals surface area contributed by atoms with E-state index in [-0.39, 0.29) is 0 Å². The fourth-order valence-electron chi connectivity index (χ4n) is 1.02. The Morgan fingerprint density at radius 2 is 2.55 bits per heavy atom. The molecule has 11 heavy (non-hydrogen) atoms. The Morgan fingerprint density at radius 1 is 1.82 bits per heavy atom. The lowest BCUT2D eigenvalue weighted by Gasteiger charge is -2.22. The maximum Gasteiger partial charge on any atom is 0.195 e. The second-order valence-electron chi connectivity index (χ2n) is 2.35. The number of ether oxygens (including phenoxy) is 1. The molecule has 1 heterocycles. The van der Waals surface area contributed by atoms with Gasteiger partial charge in [0.05, 0.1) is 19.3 Å². The summed E-state index contributed by atoms with van der Waals surface area (Å²) in [6.07, 6.45) is -0.511. The van der Waals surface area contributed by atoms with Crippen LogP contribution in [0.5, 0.6) is 0 Å². The summed E-state index contributed by atoms with van der Waals surface area (Å²) in [5.41, 5.74) is 6.66. The molecule has 0 aliphatic carbocycles. The third-order valence-corrected chi connectivity index (χ3v) is 1.70. The molecule has 0 aromatic heterocycles. The van der Waals surface area contributed by atoms with Crippen molar-refractivity contribution >= 4 is 0 Å². The molecule has 0 aromatic rings. The Bertz CT molecular complexity index is 191. The van der Waals surface area contributed by atoms with Crippen LogP contribution in [0.1, 0.15) is 6.42 Å². The van der Waals surface area contributed by atoms with Crippen LogP contribution in [0.4, 0.5) is 0 Å². The second-order valence-corrected chi connectivity index (χ2v) is 2.35. The Morgan fingerprint density at radius 3 is 2.91 bits per heavy atom. The fraction of sp³-hybridized carbons (Fsp3) is 1.00. The minimum Gasteiger partial charge on any atom is -0.393 e. The first-order chi connectivity index (χ1) is 5.25. The highest BCUT2D eigenvalue weighted by molar-refractivity contribution is 4.90. The maximum atomic E-state index is 9.22. The highest BCUT2D eigenvalue weighted by atomic mass is 16.5. The van der Waals surface area contributed by atoms with Crippen LogP contribution in [-0.2, 0) is 4.74 Å². The molecule has 2 N–H and O–H groups in total. The fourth-order valence-corrected chi connectivity index (χ4v) is 1.02. The number of azide groups is 1. The van der Waals surface area contributed by atoms with Gasteiger partial charge in [0.15, 0.2) is 5.72 Å². The molecular formula is C5H9N3O3. The van der Waals surface area contributed by atoms with E-state index in [0.717, 1.165) is 0 Å². The molecule has 1 aliphatic heterocycles. The van der Waals surface area contributed by atoms with Gasteiger partial charge in [-0.25, -0.2) is 0 Å². The van der Waals surface area contributed by atoms with Gasteiger partial charge >= 0.3 is 0 Å². The monoisotopic (exact) mass is 159 g/mol. The van der Waals surface area contributed by atoms with Gasteiger partial charge in [0.2, 0.25) is 0 Å². The van der Waals surface area contributed by atoms with Crippen LogP contribution in [0.2, 0.25) is 0 Å². The van der Waals surface area contributed by atoms with Crippen molar-refractivity contribution in [2.45, 2.75) is 18.2 Å². The number of rotatable bonds is 2. The van der Waals surface area contributed by atoms with Gasteiger partial charge in [-0.05, 0) is 12.0 Å². The van der Waals surface area contributed by atoms with Crippen molar-refractivity contribution < 1.29 is 14.9 Å². The van der Waals surface area contributed by atoms with E-state index in [2.05, 4.69) is 10.0 Å². The molecule has 0 aromatic carbocycles. The van der Waals surface area contributed by atoms with Gasteiger partial charge in [0, 0.05) is 4.91 Å². The molecule has 62 valence electrons. The molecule has 6 heteroatoms. The summed E-state index contributed by atoms with van der Waals surface area (Å²) in [5, 5.41) is 21.2. The standard InChI is InChI=1S/C5H9N3O3/c6-8-7-5(3-9)4(10)1-2-11-5/h4,9-10H,1-3H2. The summed E-state index contributed by atoms with van der Waals surface area (Å²) in [6, 6.07) is 0. The molecule has 2 unspecified atom stereocenters. The minimum absolute atomic E-state index is 0.306. The van der Waals surface area contributed by atoms with E-state index in [4.69, 9.17) is 15.4 Å². The van der Waals surface area contributed by atoms with Crippen LogP contribution >= 0.6 is 0 Å². The predicted molar refractivity (Wildman–Crippen MR) is 35.5 cm³/mol. The zero-order valence-corrected chi connectivity index (χ0v) is 5.84. The van der Waals surface area contributed by atoms with Gasteiger partial charge in [-0.2, -0.15) is 0 Å². The molecule has 0 amide bonds. The smallest absolute Gasteiger partial charge is 0.195 e. The Kier molecular flexibility index (Phi) is 2.31. The van der Waals surface area contributed by atoms with Crippen LogP contribution in [0.25, 0.3) is 10.4 Å². The molecule has 1 rings (SSSR count). The molecule has 1 fully saturated rings. The average Bonchev–Trinajstić information content (AvgIpc) is 2.35. The summed E-state index contributed by atoms with van der Waals surface area (Å²) in [5.74, 6) is 0. The van der Waals surface area contributed by atoms with Crippen molar-refractivity contribution in [3.8, 4) is 0 Å². The first-order valence-corrected chi connectivity index (χ1v) is 3.24. The molecule has 6 nitrogen and oxygen atoms in total. The molecule has 0 bridgehead atoms. The molecule has 0 spiro atoms. The lowest BCUT2D eigenvalue weighted by Crippen LogP contribution is -2.40. The highest BCUT2D eigenvalue weighted by Gasteiger charge is 2.42. The number of nitrogens with zero attached hydrogens (tertiary/aromatic N) is 3. The number of aliphatic hydroxyl groups excluding tert-OH is 2. The van der Waals surface area contributed by atoms with Crippen molar-refractivity contribution in [2.75, 3.05) is 13.2 Å². The van der Waals surface area contributed by atoms with Gasteiger partial charge in [-0.1, -0.05) is 5.11 Å². The van der Waals surface area contributed by atoms with E-state index in [1.54, 1.807) is 0 Å². The largest absolute Gasteiger partial charge is 0.393 e. The first kappa shape index (κ1) is 8.29. The zero-order valence-electron chi connectivity index (χ0n) is 5.84. The number of aliphatic hydroxyl groups is 2. The summed E-state index contributed by atoms with van der Waals surface area (Å²) in [7, 11) is 0. The SMILES string of the molecule is [N-]=[N+]=NC1(CO)OCCC1O. The Hall–Kier alpha value is -0.810. The quantitative estimate of drug-likeness (QED) is 0.330. The topological polar surface area (TPSA) is 98.5 Å². The first-order valence-electron chi connectivity index (χ1n) is 3.24. The number of hydrogen-bond donors (Lipinski definition) is 2. The summed E-state index contributed by atoms with van der Waals surface area (Å²) in [6.45, 7) is -0.182. The van der Waals surface area contributed by atoms with Crippen LogP contribution in [0.15, 0.2) is 5.11 Å². The van der Waals surface area contributed by atoms with Gasteiger partial charge in [-0.15, -0.1) is 0 Å². The lowest BCUT2D eigenvalue weighted by molar-refractivity contribution is -0.0851. The lowest BCUT2D eigenvalue weighted by atomic mass is 10.1. The molecular weight excluding hydrogens is 150 g/mol. The third kappa shape index (κ3) is 1.29. The Balaban J connectivity index is 2.81. The second kappa shape index (κ2) is 3.06. The average molecular weight is 159 g/mol. The van der Waals surface area contributed by atoms with Gasteiger partial charge in [0.25, 0.3) is 0 Å². The summed E-state index contributed by atoms with van der Waals surface area (Å²) in [4.78, 5) is 2.49. The van der Waals surface area contributed by atoms with E-state index in [0.29, 0.717) is 13.0 Å².